The molecule has 1 unspecified atom stereocenters. The normalized spacial score (nSPS) is 21.9. The predicted octanol–water partition coefficient (Wildman–Crippen LogP) is 1.69. The average molecular weight is 264 g/mol. The summed E-state index contributed by atoms with van der Waals surface area (Å²) in [6, 6.07) is 5.74. The minimum atomic E-state index is -1.03. The highest BCUT2D eigenvalue weighted by Crippen LogP contribution is 2.18. The van der Waals surface area contributed by atoms with Gasteiger partial charge in [0.1, 0.15) is 0 Å². The fourth-order valence-electron chi connectivity index (χ4n) is 1.93. The van der Waals surface area contributed by atoms with Crippen LogP contribution >= 0.6 is 0 Å². The lowest BCUT2D eigenvalue weighted by molar-refractivity contribution is 0.0697. The lowest BCUT2D eigenvalue weighted by Crippen LogP contribution is -2.48. The number of urea groups is 1. The Balaban J connectivity index is 1.98. The molecule has 1 saturated heterocycles. The highest BCUT2D eigenvalue weighted by molar-refractivity contribution is 5.93. The molecule has 6 nitrogen and oxygen atoms in total. The molecular weight excluding hydrogens is 248 g/mol. The molecule has 1 aromatic carbocycles. The van der Waals surface area contributed by atoms with E-state index in [0.717, 1.165) is 6.42 Å². The molecule has 0 aliphatic carbocycles. The van der Waals surface area contributed by atoms with E-state index in [4.69, 9.17) is 9.84 Å². The summed E-state index contributed by atoms with van der Waals surface area (Å²) in [5, 5.41) is 14.3. The highest BCUT2D eigenvalue weighted by Gasteiger charge is 2.31. The van der Waals surface area contributed by atoms with Crippen LogP contribution in [0, 0.1) is 0 Å². The fourth-order valence-corrected chi connectivity index (χ4v) is 1.93. The molecule has 2 amide bonds. The van der Waals surface area contributed by atoms with Crippen molar-refractivity contribution in [3.05, 3.63) is 29.8 Å². The van der Waals surface area contributed by atoms with Gasteiger partial charge in [0.2, 0.25) is 0 Å². The molecule has 3 N–H and O–H groups in total. The van der Waals surface area contributed by atoms with Crippen molar-refractivity contribution in [3.63, 3.8) is 0 Å². The van der Waals surface area contributed by atoms with Crippen LogP contribution in [0.3, 0.4) is 0 Å². The third-order valence-electron chi connectivity index (χ3n) is 3.00. The number of hydrogen-bond acceptors (Lipinski definition) is 3. The van der Waals surface area contributed by atoms with E-state index in [1.165, 1.54) is 12.1 Å². The van der Waals surface area contributed by atoms with Crippen molar-refractivity contribution in [2.45, 2.75) is 18.9 Å². The first-order chi connectivity index (χ1) is 8.98. The molecule has 0 radical (unpaired) electrons. The van der Waals surface area contributed by atoms with Crippen LogP contribution in [0.15, 0.2) is 24.3 Å². The van der Waals surface area contributed by atoms with Crippen LogP contribution in [-0.2, 0) is 4.74 Å². The van der Waals surface area contributed by atoms with Gasteiger partial charge in [0, 0.05) is 12.3 Å². The van der Waals surface area contributed by atoms with Gasteiger partial charge in [0.15, 0.2) is 0 Å². The van der Waals surface area contributed by atoms with Gasteiger partial charge < -0.3 is 20.5 Å². The molecule has 19 heavy (non-hydrogen) atoms. The summed E-state index contributed by atoms with van der Waals surface area (Å²) in [5.41, 5.74) is 0.210. The van der Waals surface area contributed by atoms with Crippen molar-refractivity contribution in [2.75, 3.05) is 18.5 Å². The molecule has 1 aliphatic heterocycles. The van der Waals surface area contributed by atoms with E-state index < -0.39 is 5.97 Å². The zero-order valence-electron chi connectivity index (χ0n) is 10.6. The van der Waals surface area contributed by atoms with Crippen molar-refractivity contribution in [1.82, 2.24) is 5.32 Å². The summed E-state index contributed by atoms with van der Waals surface area (Å²) in [6.07, 6.45) is 0.760. The number of carbonyl (C=O) groups is 2. The average Bonchev–Trinajstić information content (AvgIpc) is 2.75. The third kappa shape index (κ3) is 3.45. The molecule has 1 fully saturated rings. The zero-order chi connectivity index (χ0) is 13.9. The highest BCUT2D eigenvalue weighted by atomic mass is 16.5. The van der Waals surface area contributed by atoms with Crippen molar-refractivity contribution < 1.29 is 19.4 Å². The Morgan fingerprint density at radius 2 is 2.21 bits per heavy atom. The first kappa shape index (κ1) is 13.4. The lowest BCUT2D eigenvalue weighted by atomic mass is 10.0. The van der Waals surface area contributed by atoms with Crippen LogP contribution in [0.1, 0.15) is 23.7 Å². The number of anilines is 1. The number of nitrogens with one attached hydrogen (secondary N) is 2. The van der Waals surface area contributed by atoms with Crippen LogP contribution in [0.5, 0.6) is 0 Å². The van der Waals surface area contributed by atoms with E-state index in [1.54, 1.807) is 12.1 Å². The molecule has 1 heterocycles. The lowest BCUT2D eigenvalue weighted by Gasteiger charge is -2.23. The van der Waals surface area contributed by atoms with Gasteiger partial charge in [-0.15, -0.1) is 0 Å². The van der Waals surface area contributed by atoms with Crippen LogP contribution < -0.4 is 10.6 Å². The van der Waals surface area contributed by atoms with Gasteiger partial charge in [-0.05, 0) is 31.5 Å². The van der Waals surface area contributed by atoms with E-state index in [2.05, 4.69) is 10.6 Å². The molecule has 102 valence electrons. The zero-order valence-corrected chi connectivity index (χ0v) is 10.6. The summed E-state index contributed by atoms with van der Waals surface area (Å²) in [4.78, 5) is 22.7. The number of ether oxygens (including phenoxy) is 1. The number of benzene rings is 1. The maximum absolute atomic E-state index is 11.8. The molecule has 0 spiro atoms. The van der Waals surface area contributed by atoms with E-state index in [-0.39, 0.29) is 17.1 Å². The number of hydrogen-bond donors (Lipinski definition) is 3. The van der Waals surface area contributed by atoms with Gasteiger partial charge in [-0.1, -0.05) is 6.07 Å². The maximum Gasteiger partial charge on any atom is 0.335 e. The molecular formula is C13H16N2O4. The molecule has 1 aliphatic rings. The van der Waals surface area contributed by atoms with Gasteiger partial charge >= 0.3 is 12.0 Å². The topological polar surface area (TPSA) is 87.7 Å². The minimum absolute atomic E-state index is 0.133. The molecule has 2 rings (SSSR count). The number of carbonyl (C=O) groups excluding carboxylic acids is 1. The Hall–Kier alpha value is -2.08. The van der Waals surface area contributed by atoms with Crippen LogP contribution in [0.4, 0.5) is 10.5 Å². The van der Waals surface area contributed by atoms with Crippen molar-refractivity contribution in [3.8, 4) is 0 Å². The molecule has 6 heteroatoms. The van der Waals surface area contributed by atoms with E-state index in [1.807, 2.05) is 6.92 Å². The Kier molecular flexibility index (Phi) is 3.71. The first-order valence-corrected chi connectivity index (χ1v) is 5.99. The second-order valence-corrected chi connectivity index (χ2v) is 4.83. The Bertz CT molecular complexity index is 495. The second kappa shape index (κ2) is 5.27. The summed E-state index contributed by atoms with van der Waals surface area (Å²) in [7, 11) is 0. The number of rotatable bonds is 3. The molecule has 1 atom stereocenters. The number of aromatic carboxylic acids is 1. The van der Waals surface area contributed by atoms with Gasteiger partial charge in [-0.2, -0.15) is 0 Å². The Labute approximate surface area is 110 Å². The number of carboxylic acids is 1. The number of amides is 2. The third-order valence-corrected chi connectivity index (χ3v) is 3.00. The predicted molar refractivity (Wildman–Crippen MR) is 69.4 cm³/mol. The summed E-state index contributed by atoms with van der Waals surface area (Å²) in [6.45, 7) is 3.02. The standard InChI is InChI=1S/C13H16N2O4/c1-13(5-6-19-8-13)15-12(18)14-10-4-2-3-9(7-10)11(16)17/h2-4,7H,5-6,8H2,1H3,(H,16,17)(H2,14,15,18). The Morgan fingerprint density at radius 3 is 2.84 bits per heavy atom. The maximum atomic E-state index is 11.8. The van der Waals surface area contributed by atoms with Crippen molar-refractivity contribution >= 4 is 17.7 Å². The number of carboxylic acid groups (broad SMARTS) is 1. The van der Waals surface area contributed by atoms with Crippen LogP contribution in [0.25, 0.3) is 0 Å². The van der Waals surface area contributed by atoms with Gasteiger partial charge in [-0.3, -0.25) is 0 Å². The van der Waals surface area contributed by atoms with Crippen molar-refractivity contribution in [1.29, 1.82) is 0 Å². The van der Waals surface area contributed by atoms with Gasteiger partial charge in [0.25, 0.3) is 0 Å². The fraction of sp³-hybridized carbons (Fsp3) is 0.385. The van der Waals surface area contributed by atoms with Crippen molar-refractivity contribution in [2.24, 2.45) is 0 Å². The van der Waals surface area contributed by atoms with Crippen LogP contribution in [0.2, 0.25) is 0 Å². The van der Waals surface area contributed by atoms with Gasteiger partial charge in [0.05, 0.1) is 17.7 Å². The molecule has 0 bridgehead atoms. The summed E-state index contributed by atoms with van der Waals surface area (Å²) in [5.74, 6) is -1.03. The molecule has 1 aromatic rings. The second-order valence-electron chi connectivity index (χ2n) is 4.83. The quantitative estimate of drug-likeness (QED) is 0.775. The first-order valence-electron chi connectivity index (χ1n) is 5.99. The van der Waals surface area contributed by atoms with Crippen LogP contribution in [-0.4, -0.2) is 35.9 Å². The Morgan fingerprint density at radius 1 is 1.42 bits per heavy atom. The van der Waals surface area contributed by atoms with E-state index in [0.29, 0.717) is 18.9 Å². The molecule has 0 aromatic heterocycles. The smallest absolute Gasteiger partial charge is 0.335 e. The summed E-state index contributed by atoms with van der Waals surface area (Å²) < 4.78 is 5.24. The van der Waals surface area contributed by atoms with Gasteiger partial charge in [-0.25, -0.2) is 9.59 Å². The van der Waals surface area contributed by atoms with E-state index in [9.17, 15) is 9.59 Å². The monoisotopic (exact) mass is 264 g/mol. The molecule has 0 saturated carbocycles. The van der Waals surface area contributed by atoms with E-state index >= 15 is 0 Å². The SMILES string of the molecule is CC1(NC(=O)Nc2cccc(C(=O)O)c2)CCOC1. The minimum Gasteiger partial charge on any atom is -0.478 e. The largest absolute Gasteiger partial charge is 0.478 e. The summed E-state index contributed by atoms with van der Waals surface area (Å²) >= 11 is 0.